The molecule has 1 saturated heterocycles. The first kappa shape index (κ1) is 15.6. The average Bonchev–Trinajstić information content (AvgIpc) is 2.52. The third-order valence-corrected chi connectivity index (χ3v) is 3.19. The zero-order valence-corrected chi connectivity index (χ0v) is 12.0. The van der Waals surface area contributed by atoms with Crippen LogP contribution in [0, 0.1) is 0 Å². The molecule has 1 aliphatic heterocycles. The average molecular weight is 296 g/mol. The molecule has 116 valence electrons. The SMILES string of the molecule is COc1ccc(C(=O)O)cc1OCCOC1CCCCO1. The molecule has 0 amide bonds. The van der Waals surface area contributed by atoms with Gasteiger partial charge in [-0.3, -0.25) is 0 Å². The number of carboxylic acids is 1. The maximum absolute atomic E-state index is 11.0. The molecule has 6 nitrogen and oxygen atoms in total. The highest BCUT2D eigenvalue weighted by atomic mass is 16.7. The molecule has 1 N–H and O–H groups in total. The van der Waals surface area contributed by atoms with E-state index in [1.54, 1.807) is 6.07 Å². The number of benzene rings is 1. The predicted octanol–water partition coefficient (Wildman–Crippen LogP) is 2.32. The van der Waals surface area contributed by atoms with Crippen LogP contribution >= 0.6 is 0 Å². The largest absolute Gasteiger partial charge is 0.493 e. The number of aromatic carboxylic acids is 1. The van der Waals surface area contributed by atoms with Crippen molar-refractivity contribution in [3.05, 3.63) is 23.8 Å². The molecule has 1 fully saturated rings. The standard InChI is InChI=1S/C15H20O6/c1-18-12-6-5-11(15(16)17)10-13(12)19-8-9-21-14-4-2-3-7-20-14/h5-6,10,14H,2-4,7-9H2,1H3,(H,16,17). The molecule has 0 radical (unpaired) electrons. The van der Waals surface area contributed by atoms with E-state index in [0.717, 1.165) is 25.9 Å². The summed E-state index contributed by atoms with van der Waals surface area (Å²) in [6.07, 6.45) is 2.93. The van der Waals surface area contributed by atoms with E-state index >= 15 is 0 Å². The van der Waals surface area contributed by atoms with Gasteiger partial charge in [-0.1, -0.05) is 0 Å². The van der Waals surface area contributed by atoms with Crippen LogP contribution in [-0.2, 0) is 9.47 Å². The summed E-state index contributed by atoms with van der Waals surface area (Å²) in [4.78, 5) is 11.0. The van der Waals surface area contributed by atoms with Gasteiger partial charge in [0.15, 0.2) is 17.8 Å². The number of ether oxygens (including phenoxy) is 4. The number of carbonyl (C=O) groups is 1. The Morgan fingerprint density at radius 1 is 1.33 bits per heavy atom. The number of rotatable bonds is 7. The summed E-state index contributed by atoms with van der Waals surface area (Å²) in [5.74, 6) is -0.117. The summed E-state index contributed by atoms with van der Waals surface area (Å²) in [6, 6.07) is 4.49. The van der Waals surface area contributed by atoms with Gasteiger partial charge in [-0.2, -0.15) is 0 Å². The van der Waals surface area contributed by atoms with Gasteiger partial charge in [-0.05, 0) is 37.5 Å². The molecule has 1 aliphatic rings. The van der Waals surface area contributed by atoms with E-state index in [1.165, 1.54) is 19.2 Å². The van der Waals surface area contributed by atoms with E-state index in [4.69, 9.17) is 24.1 Å². The highest BCUT2D eigenvalue weighted by Crippen LogP contribution is 2.28. The molecule has 0 aliphatic carbocycles. The first-order chi connectivity index (χ1) is 10.2. The lowest BCUT2D eigenvalue weighted by atomic mass is 10.2. The minimum atomic E-state index is -1.01. The Bertz CT molecular complexity index is 467. The second-order valence-corrected chi connectivity index (χ2v) is 4.69. The molecule has 1 aromatic rings. The Labute approximate surface area is 123 Å². The van der Waals surface area contributed by atoms with Crippen molar-refractivity contribution in [3.8, 4) is 11.5 Å². The Morgan fingerprint density at radius 2 is 2.19 bits per heavy atom. The summed E-state index contributed by atoms with van der Waals surface area (Å²) < 4.78 is 21.7. The summed E-state index contributed by atoms with van der Waals surface area (Å²) >= 11 is 0. The van der Waals surface area contributed by atoms with Crippen LogP contribution in [0.5, 0.6) is 11.5 Å². The van der Waals surface area contributed by atoms with E-state index in [9.17, 15) is 4.79 Å². The Kier molecular flexibility index (Phi) is 5.83. The molecular formula is C15H20O6. The highest BCUT2D eigenvalue weighted by Gasteiger charge is 2.14. The second kappa shape index (κ2) is 7.85. The van der Waals surface area contributed by atoms with E-state index in [2.05, 4.69) is 0 Å². The maximum Gasteiger partial charge on any atom is 0.335 e. The van der Waals surface area contributed by atoms with Crippen molar-refractivity contribution in [1.82, 2.24) is 0 Å². The fourth-order valence-electron chi connectivity index (χ4n) is 2.10. The molecule has 1 heterocycles. The fraction of sp³-hybridized carbons (Fsp3) is 0.533. The summed E-state index contributed by atoms with van der Waals surface area (Å²) in [6.45, 7) is 1.42. The van der Waals surface area contributed by atoms with Crippen LogP contribution in [0.15, 0.2) is 18.2 Å². The van der Waals surface area contributed by atoms with Gasteiger partial charge < -0.3 is 24.1 Å². The normalized spacial score (nSPS) is 18.2. The molecule has 0 aromatic heterocycles. The van der Waals surface area contributed by atoms with Gasteiger partial charge in [-0.15, -0.1) is 0 Å². The summed E-state index contributed by atoms with van der Waals surface area (Å²) in [5.41, 5.74) is 0.155. The molecule has 0 spiro atoms. The summed E-state index contributed by atoms with van der Waals surface area (Å²) in [7, 11) is 1.51. The van der Waals surface area contributed by atoms with Crippen LogP contribution in [0.25, 0.3) is 0 Å². The quantitative estimate of drug-likeness (QED) is 0.778. The van der Waals surface area contributed by atoms with Gasteiger partial charge in [0, 0.05) is 6.61 Å². The van der Waals surface area contributed by atoms with Gasteiger partial charge in [0.1, 0.15) is 6.61 Å². The van der Waals surface area contributed by atoms with Gasteiger partial charge in [-0.25, -0.2) is 4.79 Å². The van der Waals surface area contributed by atoms with E-state index in [-0.39, 0.29) is 11.9 Å². The van der Waals surface area contributed by atoms with Gasteiger partial charge in [0.2, 0.25) is 0 Å². The van der Waals surface area contributed by atoms with Crippen LogP contribution in [-0.4, -0.2) is 44.3 Å². The van der Waals surface area contributed by atoms with Gasteiger partial charge >= 0.3 is 5.97 Å². The third-order valence-electron chi connectivity index (χ3n) is 3.19. The molecule has 6 heteroatoms. The smallest absolute Gasteiger partial charge is 0.335 e. The maximum atomic E-state index is 11.0. The van der Waals surface area contributed by atoms with Crippen LogP contribution < -0.4 is 9.47 Å². The number of hydrogen-bond acceptors (Lipinski definition) is 5. The van der Waals surface area contributed by atoms with Gasteiger partial charge in [0.05, 0.1) is 19.3 Å². The molecule has 1 atom stereocenters. The van der Waals surface area contributed by atoms with Crippen LogP contribution in [0.3, 0.4) is 0 Å². The van der Waals surface area contributed by atoms with Crippen molar-refractivity contribution in [2.24, 2.45) is 0 Å². The predicted molar refractivity (Wildman–Crippen MR) is 75.0 cm³/mol. The third kappa shape index (κ3) is 4.61. The van der Waals surface area contributed by atoms with Gasteiger partial charge in [0.25, 0.3) is 0 Å². The first-order valence-electron chi connectivity index (χ1n) is 6.98. The zero-order chi connectivity index (χ0) is 15.1. The van der Waals surface area contributed by atoms with Crippen molar-refractivity contribution in [3.63, 3.8) is 0 Å². The van der Waals surface area contributed by atoms with E-state index < -0.39 is 5.97 Å². The van der Waals surface area contributed by atoms with Crippen molar-refractivity contribution >= 4 is 5.97 Å². The van der Waals surface area contributed by atoms with Crippen LogP contribution in [0.2, 0.25) is 0 Å². The van der Waals surface area contributed by atoms with Crippen molar-refractivity contribution in [1.29, 1.82) is 0 Å². The Hall–Kier alpha value is -1.79. The summed E-state index contributed by atoms with van der Waals surface area (Å²) in [5, 5.41) is 8.98. The van der Waals surface area contributed by atoms with Crippen molar-refractivity contribution in [2.45, 2.75) is 25.6 Å². The van der Waals surface area contributed by atoms with Crippen LogP contribution in [0.1, 0.15) is 29.6 Å². The van der Waals surface area contributed by atoms with E-state index in [1.807, 2.05) is 0 Å². The molecule has 21 heavy (non-hydrogen) atoms. The topological polar surface area (TPSA) is 74.2 Å². The Balaban J connectivity index is 1.83. The molecule has 1 aromatic carbocycles. The lowest BCUT2D eigenvalue weighted by molar-refractivity contribution is -0.165. The molecule has 2 rings (SSSR count). The van der Waals surface area contributed by atoms with Crippen LogP contribution in [0.4, 0.5) is 0 Å². The molecule has 1 unspecified atom stereocenters. The highest BCUT2D eigenvalue weighted by molar-refractivity contribution is 5.88. The zero-order valence-electron chi connectivity index (χ0n) is 12.0. The minimum Gasteiger partial charge on any atom is -0.493 e. The fourth-order valence-corrected chi connectivity index (χ4v) is 2.10. The lowest BCUT2D eigenvalue weighted by Gasteiger charge is -2.22. The van der Waals surface area contributed by atoms with E-state index in [0.29, 0.717) is 24.7 Å². The lowest BCUT2D eigenvalue weighted by Crippen LogP contribution is -2.24. The molecule has 0 saturated carbocycles. The van der Waals surface area contributed by atoms with Crippen molar-refractivity contribution < 1.29 is 28.8 Å². The minimum absolute atomic E-state index is 0.155. The monoisotopic (exact) mass is 296 g/mol. The molecule has 0 bridgehead atoms. The Morgan fingerprint density at radius 3 is 2.86 bits per heavy atom. The number of hydrogen-bond donors (Lipinski definition) is 1. The second-order valence-electron chi connectivity index (χ2n) is 4.69. The number of methoxy groups -OCH3 is 1. The molecular weight excluding hydrogens is 276 g/mol. The number of carboxylic acid groups (broad SMARTS) is 1. The van der Waals surface area contributed by atoms with Crippen molar-refractivity contribution in [2.75, 3.05) is 26.9 Å². The first-order valence-corrected chi connectivity index (χ1v) is 6.98.